The van der Waals surface area contributed by atoms with E-state index in [0.29, 0.717) is 11.1 Å². The van der Waals surface area contributed by atoms with E-state index in [-0.39, 0.29) is 17.7 Å². The fourth-order valence-electron chi connectivity index (χ4n) is 3.38. The average molecular weight is 372 g/mol. The smallest absolute Gasteiger partial charge is 0.337 e. The molecule has 0 fully saturated rings. The molecule has 0 aliphatic carbocycles. The lowest BCUT2D eigenvalue weighted by atomic mass is 9.86. The van der Waals surface area contributed by atoms with E-state index in [1.165, 1.54) is 12.7 Å². The molecular weight excluding hydrogens is 348 g/mol. The van der Waals surface area contributed by atoms with Crippen molar-refractivity contribution in [3.8, 4) is 0 Å². The van der Waals surface area contributed by atoms with Crippen molar-refractivity contribution in [2.45, 2.75) is 25.2 Å². The lowest BCUT2D eigenvalue weighted by molar-refractivity contribution is 0.0600. The first-order valence-corrected chi connectivity index (χ1v) is 9.50. The number of esters is 1. The van der Waals surface area contributed by atoms with Crippen molar-refractivity contribution < 1.29 is 14.3 Å². The van der Waals surface area contributed by atoms with Gasteiger partial charge in [0, 0.05) is 11.5 Å². The molecule has 0 saturated carbocycles. The number of benzene rings is 3. The number of Topliss-reactive ketones (excluding diaryl/α,β-unsaturated/α-hetero) is 1. The van der Waals surface area contributed by atoms with Crippen LogP contribution in [-0.4, -0.2) is 18.9 Å². The molecule has 1 unspecified atom stereocenters. The maximum absolute atomic E-state index is 13.2. The molecule has 1 atom stereocenters. The number of hydrogen-bond donors (Lipinski definition) is 0. The Labute approximate surface area is 166 Å². The number of methoxy groups -OCH3 is 1. The van der Waals surface area contributed by atoms with Crippen molar-refractivity contribution in [2.24, 2.45) is 0 Å². The number of ketones is 1. The minimum atomic E-state index is -0.374. The monoisotopic (exact) mass is 372 g/mol. The molecule has 0 saturated heterocycles. The number of aryl methyl sites for hydroxylation is 1. The predicted octanol–water partition coefficient (Wildman–Crippen LogP) is 5.46. The highest BCUT2D eigenvalue weighted by Gasteiger charge is 2.22. The van der Waals surface area contributed by atoms with Crippen LogP contribution >= 0.6 is 0 Å². The summed E-state index contributed by atoms with van der Waals surface area (Å²) < 4.78 is 4.76. The van der Waals surface area contributed by atoms with E-state index in [1.807, 2.05) is 60.7 Å². The Morgan fingerprint density at radius 1 is 0.786 bits per heavy atom. The predicted molar refractivity (Wildman–Crippen MR) is 111 cm³/mol. The fourth-order valence-corrected chi connectivity index (χ4v) is 3.38. The summed E-state index contributed by atoms with van der Waals surface area (Å²) in [5, 5.41) is 0. The Morgan fingerprint density at radius 3 is 2.00 bits per heavy atom. The number of rotatable bonds is 8. The molecule has 0 radical (unpaired) electrons. The van der Waals surface area contributed by atoms with E-state index < -0.39 is 0 Å². The molecule has 142 valence electrons. The SMILES string of the molecule is COC(=O)c1ccc(C(CCCc2ccccc2)C(=O)c2ccccc2)cc1. The van der Waals surface area contributed by atoms with Gasteiger partial charge in [0.15, 0.2) is 5.78 Å². The summed E-state index contributed by atoms with van der Waals surface area (Å²) >= 11 is 0. The maximum atomic E-state index is 13.2. The molecule has 0 aromatic heterocycles. The van der Waals surface area contributed by atoms with Crippen LogP contribution in [0, 0.1) is 0 Å². The summed E-state index contributed by atoms with van der Waals surface area (Å²) in [5.74, 6) is -0.501. The third-order valence-electron chi connectivity index (χ3n) is 4.91. The van der Waals surface area contributed by atoms with Crippen LogP contribution in [-0.2, 0) is 11.2 Å². The largest absolute Gasteiger partial charge is 0.465 e. The van der Waals surface area contributed by atoms with Crippen LogP contribution in [0.1, 0.15) is 50.6 Å². The van der Waals surface area contributed by atoms with Crippen LogP contribution in [0.4, 0.5) is 0 Å². The topological polar surface area (TPSA) is 43.4 Å². The van der Waals surface area contributed by atoms with Crippen molar-refractivity contribution in [3.05, 3.63) is 107 Å². The standard InChI is InChI=1S/C25H24O3/c1-28-25(27)22-17-15-20(16-18-22)23(24(26)21-12-6-3-7-13-21)14-8-11-19-9-4-2-5-10-19/h2-7,9-10,12-13,15-18,23H,8,11,14H2,1H3. The highest BCUT2D eigenvalue weighted by molar-refractivity contribution is 6.01. The fraction of sp³-hybridized carbons (Fsp3) is 0.200. The number of carbonyl (C=O) groups is 2. The Balaban J connectivity index is 1.79. The van der Waals surface area contributed by atoms with E-state index >= 15 is 0 Å². The molecule has 0 amide bonds. The Hall–Kier alpha value is -3.20. The highest BCUT2D eigenvalue weighted by Crippen LogP contribution is 2.27. The van der Waals surface area contributed by atoms with Crippen LogP contribution in [0.25, 0.3) is 0 Å². The van der Waals surface area contributed by atoms with Gasteiger partial charge < -0.3 is 4.74 Å². The van der Waals surface area contributed by atoms with E-state index in [0.717, 1.165) is 24.8 Å². The molecular formula is C25H24O3. The van der Waals surface area contributed by atoms with Gasteiger partial charge in [-0.3, -0.25) is 4.79 Å². The molecule has 0 aliphatic heterocycles. The third kappa shape index (κ3) is 4.95. The number of hydrogen-bond acceptors (Lipinski definition) is 3. The lowest BCUT2D eigenvalue weighted by Gasteiger charge is -2.17. The second-order valence-corrected chi connectivity index (χ2v) is 6.77. The zero-order valence-electron chi connectivity index (χ0n) is 16.0. The van der Waals surface area contributed by atoms with Crippen molar-refractivity contribution in [3.63, 3.8) is 0 Å². The average Bonchev–Trinajstić information content (AvgIpc) is 2.77. The van der Waals surface area contributed by atoms with Crippen LogP contribution in [0.15, 0.2) is 84.9 Å². The molecule has 3 aromatic carbocycles. The van der Waals surface area contributed by atoms with Gasteiger partial charge in [-0.2, -0.15) is 0 Å². The lowest BCUT2D eigenvalue weighted by Crippen LogP contribution is -2.14. The van der Waals surface area contributed by atoms with Gasteiger partial charge in [0.2, 0.25) is 0 Å². The molecule has 0 aliphatic rings. The Morgan fingerprint density at radius 2 is 1.39 bits per heavy atom. The minimum absolute atomic E-state index is 0.111. The highest BCUT2D eigenvalue weighted by atomic mass is 16.5. The Kier molecular flexibility index (Phi) is 6.74. The quantitative estimate of drug-likeness (QED) is 0.389. The van der Waals surface area contributed by atoms with E-state index in [9.17, 15) is 9.59 Å². The van der Waals surface area contributed by atoms with E-state index in [4.69, 9.17) is 4.74 Å². The first-order chi connectivity index (χ1) is 13.7. The molecule has 28 heavy (non-hydrogen) atoms. The van der Waals surface area contributed by atoms with Gasteiger partial charge in [-0.05, 0) is 42.5 Å². The van der Waals surface area contributed by atoms with Crippen LogP contribution < -0.4 is 0 Å². The molecule has 0 spiro atoms. The van der Waals surface area contributed by atoms with Gasteiger partial charge in [0.25, 0.3) is 0 Å². The van der Waals surface area contributed by atoms with Crippen molar-refractivity contribution in [1.29, 1.82) is 0 Å². The molecule has 3 heteroatoms. The van der Waals surface area contributed by atoms with E-state index in [2.05, 4.69) is 12.1 Å². The minimum Gasteiger partial charge on any atom is -0.465 e. The molecule has 0 heterocycles. The summed E-state index contributed by atoms with van der Waals surface area (Å²) in [6, 6.07) is 26.9. The van der Waals surface area contributed by atoms with Gasteiger partial charge >= 0.3 is 5.97 Å². The third-order valence-corrected chi connectivity index (χ3v) is 4.91. The number of carbonyl (C=O) groups excluding carboxylic acids is 2. The van der Waals surface area contributed by atoms with Crippen LogP contribution in [0.2, 0.25) is 0 Å². The van der Waals surface area contributed by atoms with Crippen LogP contribution in [0.3, 0.4) is 0 Å². The summed E-state index contributed by atoms with van der Waals surface area (Å²) in [6.07, 6.45) is 2.59. The summed E-state index contributed by atoms with van der Waals surface area (Å²) in [4.78, 5) is 24.9. The second kappa shape index (κ2) is 9.65. The van der Waals surface area contributed by atoms with E-state index in [1.54, 1.807) is 12.1 Å². The normalized spacial score (nSPS) is 11.6. The zero-order valence-corrected chi connectivity index (χ0v) is 16.0. The summed E-state index contributed by atoms with van der Waals surface area (Å²) in [7, 11) is 1.36. The number of ether oxygens (including phenoxy) is 1. The van der Waals surface area contributed by atoms with Crippen molar-refractivity contribution in [2.75, 3.05) is 7.11 Å². The van der Waals surface area contributed by atoms with Gasteiger partial charge in [0.1, 0.15) is 0 Å². The first kappa shape index (κ1) is 19.6. The summed E-state index contributed by atoms with van der Waals surface area (Å²) in [6.45, 7) is 0. The molecule has 3 nitrogen and oxygen atoms in total. The van der Waals surface area contributed by atoms with Gasteiger partial charge in [-0.1, -0.05) is 72.8 Å². The zero-order chi connectivity index (χ0) is 19.8. The van der Waals surface area contributed by atoms with Gasteiger partial charge in [-0.15, -0.1) is 0 Å². The van der Waals surface area contributed by atoms with Gasteiger partial charge in [0.05, 0.1) is 12.7 Å². The van der Waals surface area contributed by atoms with Gasteiger partial charge in [-0.25, -0.2) is 4.79 Å². The molecule has 3 rings (SSSR count). The molecule has 3 aromatic rings. The summed E-state index contributed by atoms with van der Waals surface area (Å²) in [5.41, 5.74) is 3.40. The van der Waals surface area contributed by atoms with Crippen LogP contribution in [0.5, 0.6) is 0 Å². The van der Waals surface area contributed by atoms with Crippen molar-refractivity contribution >= 4 is 11.8 Å². The molecule has 0 bridgehead atoms. The maximum Gasteiger partial charge on any atom is 0.337 e. The van der Waals surface area contributed by atoms with Crippen molar-refractivity contribution in [1.82, 2.24) is 0 Å². The first-order valence-electron chi connectivity index (χ1n) is 9.50. The second-order valence-electron chi connectivity index (χ2n) is 6.77. The molecule has 0 N–H and O–H groups in total. The Bertz CT molecular complexity index is 900.